The van der Waals surface area contributed by atoms with E-state index in [2.05, 4.69) is 14.9 Å². The molecule has 150 valence electrons. The van der Waals surface area contributed by atoms with Crippen LogP contribution in [-0.4, -0.2) is 70.3 Å². The van der Waals surface area contributed by atoms with Gasteiger partial charge in [-0.2, -0.15) is 0 Å². The number of nitrogens with zero attached hydrogens (tertiary/aromatic N) is 3. The van der Waals surface area contributed by atoms with Crippen LogP contribution >= 0.6 is 11.8 Å². The molecule has 2 saturated heterocycles. The van der Waals surface area contributed by atoms with Gasteiger partial charge in [-0.15, -0.1) is 0 Å². The van der Waals surface area contributed by atoms with Crippen LogP contribution in [0.15, 0.2) is 17.6 Å². The minimum Gasteiger partial charge on any atom is -0.399 e. The molecule has 0 aromatic carbocycles. The minimum atomic E-state index is -0.409. The van der Waals surface area contributed by atoms with Gasteiger partial charge in [0.05, 0.1) is 17.8 Å². The molecule has 0 saturated carbocycles. The van der Waals surface area contributed by atoms with Crippen LogP contribution in [0, 0.1) is 5.92 Å². The molecular weight excluding hydrogens is 361 g/mol. The SMILES string of the molecule is CC1(C)OB(c2cnc(SCC[C@H]3CCCN(CCO)C3)nc2)OC1(C)C. The first kappa shape index (κ1) is 21.1. The van der Waals surface area contributed by atoms with E-state index in [1.807, 2.05) is 40.1 Å². The van der Waals surface area contributed by atoms with E-state index in [9.17, 15) is 0 Å². The second-order valence-corrected chi connectivity index (χ2v) is 9.62. The van der Waals surface area contributed by atoms with Crippen LogP contribution in [0.5, 0.6) is 0 Å². The molecule has 3 heterocycles. The Bertz CT molecular complexity index is 597. The molecule has 27 heavy (non-hydrogen) atoms. The maximum absolute atomic E-state index is 9.11. The van der Waals surface area contributed by atoms with E-state index in [-0.39, 0.29) is 17.8 Å². The van der Waals surface area contributed by atoms with Crippen LogP contribution in [0.4, 0.5) is 0 Å². The summed E-state index contributed by atoms with van der Waals surface area (Å²) in [5, 5.41) is 9.91. The Morgan fingerprint density at radius 2 is 1.89 bits per heavy atom. The zero-order valence-electron chi connectivity index (χ0n) is 17.0. The highest BCUT2D eigenvalue weighted by Gasteiger charge is 2.51. The average molecular weight is 393 g/mol. The fourth-order valence-electron chi connectivity index (χ4n) is 3.55. The van der Waals surface area contributed by atoms with Crippen LogP contribution in [0.1, 0.15) is 47.0 Å². The fourth-order valence-corrected chi connectivity index (χ4v) is 4.44. The van der Waals surface area contributed by atoms with Crippen LogP contribution in [0.3, 0.4) is 0 Å². The number of hydrogen-bond acceptors (Lipinski definition) is 7. The summed E-state index contributed by atoms with van der Waals surface area (Å²) < 4.78 is 12.1. The summed E-state index contributed by atoms with van der Waals surface area (Å²) in [5.41, 5.74) is 0.161. The number of aliphatic hydroxyl groups excluding tert-OH is 1. The van der Waals surface area contributed by atoms with Crippen molar-refractivity contribution in [3.8, 4) is 0 Å². The molecule has 0 bridgehead atoms. The molecule has 3 rings (SSSR count). The van der Waals surface area contributed by atoms with Crippen LogP contribution in [0.2, 0.25) is 0 Å². The number of thioether (sulfide) groups is 1. The molecule has 1 N–H and O–H groups in total. The van der Waals surface area contributed by atoms with Crippen molar-refractivity contribution in [2.45, 2.75) is 63.3 Å². The van der Waals surface area contributed by atoms with Crippen molar-refractivity contribution >= 4 is 24.3 Å². The van der Waals surface area contributed by atoms with Gasteiger partial charge in [-0.05, 0) is 59.4 Å². The topological polar surface area (TPSA) is 67.7 Å². The molecule has 2 fully saturated rings. The van der Waals surface area contributed by atoms with E-state index < -0.39 is 7.12 Å². The fraction of sp³-hybridized carbons (Fsp3) is 0.789. The van der Waals surface area contributed by atoms with Gasteiger partial charge in [-0.1, -0.05) is 11.8 Å². The zero-order chi connectivity index (χ0) is 19.5. The van der Waals surface area contributed by atoms with Gasteiger partial charge in [-0.3, -0.25) is 0 Å². The van der Waals surface area contributed by atoms with Crippen LogP contribution in [0.25, 0.3) is 0 Å². The first-order chi connectivity index (χ1) is 12.8. The maximum atomic E-state index is 9.11. The molecule has 0 amide bonds. The van der Waals surface area contributed by atoms with Gasteiger partial charge < -0.3 is 19.3 Å². The van der Waals surface area contributed by atoms with E-state index in [4.69, 9.17) is 14.4 Å². The lowest BCUT2D eigenvalue weighted by Crippen LogP contribution is -2.41. The summed E-state index contributed by atoms with van der Waals surface area (Å²) in [6.07, 6.45) is 7.32. The van der Waals surface area contributed by atoms with Crippen molar-refractivity contribution < 1.29 is 14.4 Å². The van der Waals surface area contributed by atoms with Crippen molar-refractivity contribution in [3.63, 3.8) is 0 Å². The third-order valence-electron chi connectivity index (χ3n) is 5.95. The summed E-state index contributed by atoms with van der Waals surface area (Å²) in [6, 6.07) is 0. The van der Waals surface area contributed by atoms with Crippen molar-refractivity contribution in [2.75, 3.05) is 32.0 Å². The van der Waals surface area contributed by atoms with Gasteiger partial charge in [0.2, 0.25) is 0 Å². The van der Waals surface area contributed by atoms with Gasteiger partial charge in [0.1, 0.15) is 0 Å². The molecule has 2 aliphatic rings. The lowest BCUT2D eigenvalue weighted by molar-refractivity contribution is 0.00578. The summed E-state index contributed by atoms with van der Waals surface area (Å²) >= 11 is 1.71. The van der Waals surface area contributed by atoms with Gasteiger partial charge in [0.15, 0.2) is 5.16 Å². The maximum Gasteiger partial charge on any atom is 0.498 e. The largest absolute Gasteiger partial charge is 0.498 e. The van der Waals surface area contributed by atoms with E-state index in [0.717, 1.165) is 42.4 Å². The monoisotopic (exact) mass is 393 g/mol. The molecule has 1 aromatic heterocycles. The number of likely N-dealkylation sites (tertiary alicyclic amines) is 1. The predicted molar refractivity (Wildman–Crippen MR) is 109 cm³/mol. The molecule has 6 nitrogen and oxygen atoms in total. The molecule has 0 aliphatic carbocycles. The van der Waals surface area contributed by atoms with E-state index in [0.29, 0.717) is 5.92 Å². The molecule has 2 aliphatic heterocycles. The summed E-state index contributed by atoms with van der Waals surface area (Å²) in [6.45, 7) is 11.5. The minimum absolute atomic E-state index is 0.254. The summed E-state index contributed by atoms with van der Waals surface area (Å²) in [7, 11) is -0.409. The molecule has 0 spiro atoms. The lowest BCUT2D eigenvalue weighted by Gasteiger charge is -2.32. The number of β-amino-alcohol motifs (C(OH)–C–C–N with tert-alkyl or cyclic N) is 1. The first-order valence-corrected chi connectivity index (χ1v) is 10.9. The highest BCUT2D eigenvalue weighted by atomic mass is 32.2. The third-order valence-corrected chi connectivity index (χ3v) is 6.86. The Balaban J connectivity index is 1.46. The third kappa shape index (κ3) is 5.23. The van der Waals surface area contributed by atoms with Gasteiger partial charge in [0.25, 0.3) is 0 Å². The van der Waals surface area contributed by atoms with Gasteiger partial charge in [-0.25, -0.2) is 9.97 Å². The van der Waals surface area contributed by atoms with Crippen molar-refractivity contribution in [2.24, 2.45) is 5.92 Å². The Hall–Kier alpha value is -0.665. The number of piperidine rings is 1. The number of hydrogen-bond donors (Lipinski definition) is 1. The number of aromatic nitrogens is 2. The highest BCUT2D eigenvalue weighted by molar-refractivity contribution is 7.99. The summed E-state index contributed by atoms with van der Waals surface area (Å²) in [4.78, 5) is 11.4. The molecule has 0 radical (unpaired) electrons. The Morgan fingerprint density at radius 1 is 1.22 bits per heavy atom. The van der Waals surface area contributed by atoms with E-state index in [1.165, 1.54) is 12.8 Å². The van der Waals surface area contributed by atoms with Gasteiger partial charge in [0, 0.05) is 36.7 Å². The number of aliphatic hydroxyl groups is 1. The zero-order valence-corrected chi connectivity index (χ0v) is 17.8. The standard InChI is InChI=1S/C19H32BN3O3S/c1-18(2)19(3,4)26-20(25-18)16-12-21-17(22-13-16)27-11-7-15-6-5-8-23(14-15)9-10-24/h12-13,15,24H,5-11,14H2,1-4H3/t15-/m1/s1. The second kappa shape index (κ2) is 8.78. The molecule has 8 heteroatoms. The molecule has 0 unspecified atom stereocenters. The van der Waals surface area contributed by atoms with Crippen molar-refractivity contribution in [3.05, 3.63) is 12.4 Å². The summed E-state index contributed by atoms with van der Waals surface area (Å²) in [5.74, 6) is 1.73. The number of rotatable bonds is 7. The second-order valence-electron chi connectivity index (χ2n) is 8.56. The van der Waals surface area contributed by atoms with Gasteiger partial charge >= 0.3 is 7.12 Å². The molecule has 1 atom stereocenters. The van der Waals surface area contributed by atoms with E-state index >= 15 is 0 Å². The normalized spacial score (nSPS) is 25.1. The Morgan fingerprint density at radius 3 is 2.52 bits per heavy atom. The lowest BCUT2D eigenvalue weighted by atomic mass is 9.81. The van der Waals surface area contributed by atoms with Crippen molar-refractivity contribution in [1.82, 2.24) is 14.9 Å². The van der Waals surface area contributed by atoms with Crippen LogP contribution in [-0.2, 0) is 9.31 Å². The predicted octanol–water partition coefficient (Wildman–Crippen LogP) is 1.96. The Kier molecular flexibility index (Phi) is 6.85. The van der Waals surface area contributed by atoms with Crippen LogP contribution < -0.4 is 5.46 Å². The van der Waals surface area contributed by atoms with Crippen molar-refractivity contribution in [1.29, 1.82) is 0 Å². The van der Waals surface area contributed by atoms with E-state index in [1.54, 1.807) is 11.8 Å². The average Bonchev–Trinajstić information content (AvgIpc) is 2.84. The molecule has 1 aromatic rings. The first-order valence-electron chi connectivity index (χ1n) is 9.94. The highest BCUT2D eigenvalue weighted by Crippen LogP contribution is 2.36. The Labute approximate surface area is 167 Å². The molecular formula is C19H32BN3O3S. The smallest absolute Gasteiger partial charge is 0.399 e. The quantitative estimate of drug-likeness (QED) is 0.432.